The van der Waals surface area contributed by atoms with Gasteiger partial charge < -0.3 is 10.1 Å². The SMILES string of the molecule is N#Cc1cccc(C(=O)Nc2ccc(OC(c3ccccc3)c3ccccc3)nc2)c1. The fourth-order valence-electron chi connectivity index (χ4n) is 3.16. The number of pyridine rings is 1. The second-order valence-corrected chi connectivity index (χ2v) is 6.85. The van der Waals surface area contributed by atoms with E-state index in [1.54, 1.807) is 42.6 Å². The molecule has 4 aromatic rings. The molecule has 0 aliphatic carbocycles. The minimum absolute atomic E-state index is 0.302. The summed E-state index contributed by atoms with van der Waals surface area (Å²) in [5, 5.41) is 11.8. The summed E-state index contributed by atoms with van der Waals surface area (Å²) in [5.41, 5.74) is 3.42. The lowest BCUT2D eigenvalue weighted by atomic mass is 10.0. The molecule has 1 N–H and O–H groups in total. The maximum atomic E-state index is 12.4. The lowest BCUT2D eigenvalue weighted by molar-refractivity contribution is 0.102. The number of nitrogens with one attached hydrogen (secondary N) is 1. The first kappa shape index (κ1) is 19.9. The van der Waals surface area contributed by atoms with E-state index in [1.807, 2.05) is 66.7 Å². The van der Waals surface area contributed by atoms with Crippen molar-refractivity contribution in [2.24, 2.45) is 0 Å². The van der Waals surface area contributed by atoms with Gasteiger partial charge in [-0.3, -0.25) is 4.79 Å². The van der Waals surface area contributed by atoms with E-state index >= 15 is 0 Å². The number of ether oxygens (including phenoxy) is 1. The normalized spacial score (nSPS) is 10.3. The van der Waals surface area contributed by atoms with Gasteiger partial charge in [0.2, 0.25) is 5.88 Å². The molecule has 0 bridgehead atoms. The van der Waals surface area contributed by atoms with Crippen LogP contribution in [0.4, 0.5) is 5.69 Å². The van der Waals surface area contributed by atoms with Crippen molar-refractivity contribution >= 4 is 11.6 Å². The Morgan fingerprint density at radius 3 is 2.13 bits per heavy atom. The first-order valence-corrected chi connectivity index (χ1v) is 9.77. The van der Waals surface area contributed by atoms with E-state index in [9.17, 15) is 4.79 Å². The third-order valence-electron chi connectivity index (χ3n) is 4.69. The zero-order chi connectivity index (χ0) is 21.5. The molecule has 0 spiro atoms. The number of amides is 1. The fourth-order valence-corrected chi connectivity index (χ4v) is 3.16. The van der Waals surface area contributed by atoms with Crippen LogP contribution in [-0.4, -0.2) is 10.9 Å². The molecule has 5 nitrogen and oxygen atoms in total. The number of nitriles is 1. The van der Waals surface area contributed by atoms with Crippen molar-refractivity contribution < 1.29 is 9.53 Å². The predicted molar refractivity (Wildman–Crippen MR) is 119 cm³/mol. The predicted octanol–water partition coefficient (Wildman–Crippen LogP) is 5.37. The van der Waals surface area contributed by atoms with Gasteiger partial charge in [0.25, 0.3) is 5.91 Å². The first-order valence-electron chi connectivity index (χ1n) is 9.77. The number of rotatable bonds is 6. The molecule has 0 atom stereocenters. The van der Waals surface area contributed by atoms with Crippen molar-refractivity contribution in [3.8, 4) is 11.9 Å². The molecule has 0 saturated carbocycles. The van der Waals surface area contributed by atoms with E-state index in [1.165, 1.54) is 0 Å². The zero-order valence-electron chi connectivity index (χ0n) is 16.6. The van der Waals surface area contributed by atoms with Crippen LogP contribution in [0.1, 0.15) is 33.2 Å². The van der Waals surface area contributed by atoms with E-state index in [0.29, 0.717) is 22.7 Å². The molecule has 5 heteroatoms. The summed E-state index contributed by atoms with van der Waals surface area (Å²) in [5.74, 6) is 0.140. The van der Waals surface area contributed by atoms with Gasteiger partial charge >= 0.3 is 0 Å². The number of carbonyl (C=O) groups is 1. The van der Waals surface area contributed by atoms with Crippen molar-refractivity contribution in [1.29, 1.82) is 5.26 Å². The molecule has 1 heterocycles. The number of benzene rings is 3. The summed E-state index contributed by atoms with van der Waals surface area (Å²) in [4.78, 5) is 16.8. The highest BCUT2D eigenvalue weighted by Crippen LogP contribution is 2.27. The number of hydrogen-bond acceptors (Lipinski definition) is 4. The van der Waals surface area contributed by atoms with Crippen molar-refractivity contribution in [3.05, 3.63) is 126 Å². The first-order chi connectivity index (χ1) is 15.2. The molecule has 1 aromatic heterocycles. The third kappa shape index (κ3) is 4.95. The van der Waals surface area contributed by atoms with Crippen molar-refractivity contribution in [1.82, 2.24) is 4.98 Å². The Balaban J connectivity index is 1.50. The number of hydrogen-bond donors (Lipinski definition) is 1. The van der Waals surface area contributed by atoms with Crippen LogP contribution in [-0.2, 0) is 0 Å². The van der Waals surface area contributed by atoms with Crippen LogP contribution < -0.4 is 10.1 Å². The van der Waals surface area contributed by atoms with Gasteiger partial charge in [-0.15, -0.1) is 0 Å². The standard InChI is InChI=1S/C26H19N3O2/c27-17-19-8-7-13-22(16-19)26(30)29-23-14-15-24(28-18-23)31-25(20-9-3-1-4-10-20)21-11-5-2-6-12-21/h1-16,18,25H,(H,29,30). The van der Waals surface area contributed by atoms with Crippen LogP contribution in [0.5, 0.6) is 5.88 Å². The molecule has 0 unspecified atom stereocenters. The maximum Gasteiger partial charge on any atom is 0.255 e. The Labute approximate surface area is 180 Å². The molecule has 31 heavy (non-hydrogen) atoms. The minimum atomic E-state index is -0.306. The monoisotopic (exact) mass is 405 g/mol. The van der Waals surface area contributed by atoms with Crippen molar-refractivity contribution in [3.63, 3.8) is 0 Å². The zero-order valence-corrected chi connectivity index (χ0v) is 16.6. The Morgan fingerprint density at radius 1 is 0.871 bits per heavy atom. The number of carbonyl (C=O) groups excluding carboxylic acids is 1. The Bertz CT molecular complexity index is 1160. The van der Waals surface area contributed by atoms with Crippen LogP contribution in [0.3, 0.4) is 0 Å². The summed E-state index contributed by atoms with van der Waals surface area (Å²) in [6, 6.07) is 31.9. The van der Waals surface area contributed by atoms with Crippen LogP contribution in [0.2, 0.25) is 0 Å². The van der Waals surface area contributed by atoms with Crippen LogP contribution in [0.25, 0.3) is 0 Å². The molecule has 0 aliphatic rings. The molecular formula is C26H19N3O2. The smallest absolute Gasteiger partial charge is 0.255 e. The quantitative estimate of drug-likeness (QED) is 0.468. The summed E-state index contributed by atoms with van der Waals surface area (Å²) >= 11 is 0. The summed E-state index contributed by atoms with van der Waals surface area (Å²) in [7, 11) is 0. The lowest BCUT2D eigenvalue weighted by Crippen LogP contribution is -2.13. The molecule has 0 radical (unpaired) electrons. The van der Waals surface area contributed by atoms with Gasteiger partial charge in [0, 0.05) is 11.6 Å². The molecule has 0 fully saturated rings. The van der Waals surface area contributed by atoms with E-state index in [-0.39, 0.29) is 12.0 Å². The molecule has 0 saturated heterocycles. The van der Waals surface area contributed by atoms with Crippen LogP contribution in [0.15, 0.2) is 103 Å². The molecular weight excluding hydrogens is 386 g/mol. The van der Waals surface area contributed by atoms with Gasteiger partial charge in [-0.2, -0.15) is 5.26 Å². The summed E-state index contributed by atoms with van der Waals surface area (Å²) in [6.07, 6.45) is 1.25. The van der Waals surface area contributed by atoms with Crippen LogP contribution >= 0.6 is 0 Å². The van der Waals surface area contributed by atoms with Gasteiger partial charge in [-0.25, -0.2) is 4.98 Å². The Hall–Kier alpha value is -4.43. The largest absolute Gasteiger partial charge is 0.465 e. The average Bonchev–Trinajstić information content (AvgIpc) is 2.84. The highest BCUT2D eigenvalue weighted by atomic mass is 16.5. The van der Waals surface area contributed by atoms with Gasteiger partial charge in [0.05, 0.1) is 23.5 Å². The Kier molecular flexibility index (Phi) is 6.01. The summed E-state index contributed by atoms with van der Waals surface area (Å²) in [6.45, 7) is 0. The highest BCUT2D eigenvalue weighted by molar-refractivity contribution is 6.04. The van der Waals surface area contributed by atoms with E-state index in [4.69, 9.17) is 10.00 Å². The fraction of sp³-hybridized carbons (Fsp3) is 0.0385. The van der Waals surface area contributed by atoms with E-state index in [2.05, 4.69) is 10.3 Å². The van der Waals surface area contributed by atoms with Crippen LogP contribution in [0, 0.1) is 11.3 Å². The molecule has 0 aliphatic heterocycles. The van der Waals surface area contributed by atoms with Crippen molar-refractivity contribution in [2.45, 2.75) is 6.10 Å². The Morgan fingerprint density at radius 2 is 1.55 bits per heavy atom. The van der Waals surface area contributed by atoms with Crippen molar-refractivity contribution in [2.75, 3.05) is 5.32 Å². The maximum absolute atomic E-state index is 12.4. The lowest BCUT2D eigenvalue weighted by Gasteiger charge is -2.19. The second-order valence-electron chi connectivity index (χ2n) is 6.85. The number of aromatic nitrogens is 1. The van der Waals surface area contributed by atoms with E-state index in [0.717, 1.165) is 11.1 Å². The molecule has 150 valence electrons. The topological polar surface area (TPSA) is 75.0 Å². The summed E-state index contributed by atoms with van der Waals surface area (Å²) < 4.78 is 6.20. The van der Waals surface area contributed by atoms with Gasteiger partial charge in [-0.05, 0) is 35.4 Å². The van der Waals surface area contributed by atoms with Gasteiger partial charge in [-0.1, -0.05) is 66.7 Å². The average molecular weight is 405 g/mol. The van der Waals surface area contributed by atoms with E-state index < -0.39 is 0 Å². The number of anilines is 1. The molecule has 4 rings (SSSR count). The molecule has 3 aromatic carbocycles. The molecule has 1 amide bonds. The van der Waals surface area contributed by atoms with Gasteiger partial charge in [0.15, 0.2) is 6.10 Å². The second kappa shape index (κ2) is 9.38. The van der Waals surface area contributed by atoms with Gasteiger partial charge in [0.1, 0.15) is 0 Å². The number of nitrogens with zero attached hydrogens (tertiary/aromatic N) is 2. The third-order valence-corrected chi connectivity index (χ3v) is 4.69. The minimum Gasteiger partial charge on any atom is -0.465 e. The highest BCUT2D eigenvalue weighted by Gasteiger charge is 2.16.